The van der Waals surface area contributed by atoms with E-state index in [-0.39, 0.29) is 10.6 Å². The van der Waals surface area contributed by atoms with Crippen molar-refractivity contribution in [2.75, 3.05) is 50.9 Å². The molecule has 0 saturated carbocycles. The van der Waals surface area contributed by atoms with Gasteiger partial charge in [0.2, 0.25) is 0 Å². The fourth-order valence-corrected chi connectivity index (χ4v) is 2.91. The van der Waals surface area contributed by atoms with Crippen LogP contribution in [0.15, 0.2) is 18.2 Å². The summed E-state index contributed by atoms with van der Waals surface area (Å²) in [6.45, 7) is 7.81. The molecule has 1 aromatic rings. The van der Waals surface area contributed by atoms with E-state index in [0.29, 0.717) is 18.4 Å². The van der Waals surface area contributed by atoms with E-state index in [2.05, 4.69) is 9.80 Å². The Hall–Kier alpha value is -1.86. The van der Waals surface area contributed by atoms with Crippen LogP contribution in [0.4, 0.5) is 11.4 Å². The molecule has 22 heavy (non-hydrogen) atoms. The molecule has 0 bridgehead atoms. The van der Waals surface area contributed by atoms with Gasteiger partial charge < -0.3 is 14.4 Å². The quantitative estimate of drug-likeness (QED) is 0.607. The van der Waals surface area contributed by atoms with Crippen LogP contribution >= 0.6 is 0 Å². The number of nitro benzene ring substituents is 1. The molecule has 0 atom stereocenters. The number of anilines is 1. The molecule has 3 rings (SSSR count). The van der Waals surface area contributed by atoms with Crippen molar-refractivity contribution in [2.24, 2.45) is 0 Å². The fourth-order valence-electron chi connectivity index (χ4n) is 2.91. The molecule has 120 valence electrons. The summed E-state index contributed by atoms with van der Waals surface area (Å²) < 4.78 is 10.9. The molecule has 2 heterocycles. The minimum Gasteiger partial charge on any atom is -0.491 e. The monoisotopic (exact) mass is 307 g/mol. The van der Waals surface area contributed by atoms with Gasteiger partial charge in [-0.15, -0.1) is 0 Å². The summed E-state index contributed by atoms with van der Waals surface area (Å²) in [6.07, 6.45) is 0. The van der Waals surface area contributed by atoms with Crippen molar-refractivity contribution in [2.45, 2.75) is 13.0 Å². The Labute approximate surface area is 129 Å². The van der Waals surface area contributed by atoms with E-state index < -0.39 is 0 Å². The molecule has 2 aliphatic rings. The van der Waals surface area contributed by atoms with Crippen molar-refractivity contribution in [3.05, 3.63) is 28.3 Å². The number of non-ortho nitro benzene ring substituents is 1. The highest BCUT2D eigenvalue weighted by Crippen LogP contribution is 2.33. The summed E-state index contributed by atoms with van der Waals surface area (Å²) >= 11 is 0. The Bertz CT molecular complexity index is 540. The molecule has 1 aromatic carbocycles. The molecule has 7 heteroatoms. The third-order valence-corrected chi connectivity index (χ3v) is 4.25. The van der Waals surface area contributed by atoms with Crippen LogP contribution in [0.2, 0.25) is 0 Å². The largest absolute Gasteiger partial charge is 0.491 e. The summed E-state index contributed by atoms with van der Waals surface area (Å²) in [5, 5.41) is 10.9. The van der Waals surface area contributed by atoms with Gasteiger partial charge in [0, 0.05) is 32.2 Å². The first-order valence-corrected chi connectivity index (χ1v) is 7.67. The Kier molecular flexibility index (Phi) is 4.44. The second-order valence-electron chi connectivity index (χ2n) is 5.56. The van der Waals surface area contributed by atoms with Gasteiger partial charge in [0.1, 0.15) is 5.75 Å². The highest BCUT2D eigenvalue weighted by atomic mass is 16.6. The number of rotatable bonds is 5. The molecule has 0 spiro atoms. The molecule has 0 radical (unpaired) electrons. The number of benzene rings is 1. The third-order valence-electron chi connectivity index (χ3n) is 4.25. The molecule has 7 nitrogen and oxygen atoms in total. The molecular weight excluding hydrogens is 286 g/mol. The average Bonchev–Trinajstić information content (AvgIpc) is 2.47. The Morgan fingerprint density at radius 3 is 2.59 bits per heavy atom. The standard InChI is InChI=1S/C15H21N3O4/c1-2-22-15-9-12(18(19)20)3-4-14(15)17-7-5-16(6-8-17)13-10-21-11-13/h3-4,9,13H,2,5-8,10-11H2,1H3. The van der Waals surface area contributed by atoms with Gasteiger partial charge in [0.05, 0.1) is 42.5 Å². The molecule has 0 aliphatic carbocycles. The Morgan fingerprint density at radius 1 is 1.32 bits per heavy atom. The highest BCUT2D eigenvalue weighted by Gasteiger charge is 2.29. The number of nitro groups is 1. The van der Waals surface area contributed by atoms with Crippen molar-refractivity contribution in [1.29, 1.82) is 0 Å². The topological polar surface area (TPSA) is 68.1 Å². The SMILES string of the molecule is CCOc1cc([N+](=O)[O-])ccc1N1CCN(C2COC2)CC1. The first-order chi connectivity index (χ1) is 10.7. The van der Waals surface area contributed by atoms with Gasteiger partial charge in [-0.1, -0.05) is 0 Å². The van der Waals surface area contributed by atoms with Gasteiger partial charge >= 0.3 is 0 Å². The van der Waals surface area contributed by atoms with Crippen LogP contribution in [0.3, 0.4) is 0 Å². The first-order valence-electron chi connectivity index (χ1n) is 7.67. The number of piperazine rings is 1. The summed E-state index contributed by atoms with van der Waals surface area (Å²) in [6, 6.07) is 5.42. The van der Waals surface area contributed by atoms with Crippen LogP contribution in [-0.2, 0) is 4.74 Å². The predicted molar refractivity (Wildman–Crippen MR) is 82.7 cm³/mol. The molecular formula is C15H21N3O4. The zero-order chi connectivity index (χ0) is 15.5. The van der Waals surface area contributed by atoms with Crippen molar-refractivity contribution < 1.29 is 14.4 Å². The minimum absolute atomic E-state index is 0.0671. The fraction of sp³-hybridized carbons (Fsp3) is 0.600. The lowest BCUT2D eigenvalue weighted by molar-refractivity contribution is -0.384. The molecule has 2 aliphatic heterocycles. The number of hydrogen-bond donors (Lipinski definition) is 0. The smallest absolute Gasteiger partial charge is 0.273 e. The van der Waals surface area contributed by atoms with E-state index in [0.717, 1.165) is 45.1 Å². The van der Waals surface area contributed by atoms with Gasteiger partial charge in [0.25, 0.3) is 5.69 Å². The van der Waals surface area contributed by atoms with E-state index in [9.17, 15) is 10.1 Å². The second-order valence-corrected chi connectivity index (χ2v) is 5.56. The van der Waals surface area contributed by atoms with Crippen molar-refractivity contribution in [3.63, 3.8) is 0 Å². The van der Waals surface area contributed by atoms with Crippen molar-refractivity contribution in [1.82, 2.24) is 4.90 Å². The molecule has 0 unspecified atom stereocenters. The minimum atomic E-state index is -0.388. The Balaban J connectivity index is 1.72. The predicted octanol–water partition coefficient (Wildman–Crippen LogP) is 1.51. The second kappa shape index (κ2) is 6.50. The molecule has 0 aromatic heterocycles. The normalized spacial score (nSPS) is 19.8. The Morgan fingerprint density at radius 2 is 2.05 bits per heavy atom. The van der Waals surface area contributed by atoms with E-state index in [1.54, 1.807) is 12.1 Å². The zero-order valence-electron chi connectivity index (χ0n) is 12.7. The highest BCUT2D eigenvalue weighted by molar-refractivity contribution is 5.62. The summed E-state index contributed by atoms with van der Waals surface area (Å²) in [4.78, 5) is 15.2. The average molecular weight is 307 g/mol. The molecule has 2 fully saturated rings. The van der Waals surface area contributed by atoms with E-state index >= 15 is 0 Å². The van der Waals surface area contributed by atoms with Crippen LogP contribution < -0.4 is 9.64 Å². The molecule has 2 saturated heterocycles. The number of nitrogens with zero attached hydrogens (tertiary/aromatic N) is 3. The lowest BCUT2D eigenvalue weighted by Crippen LogP contribution is -2.56. The third kappa shape index (κ3) is 3.00. The van der Waals surface area contributed by atoms with E-state index in [1.165, 1.54) is 6.07 Å². The van der Waals surface area contributed by atoms with Crippen LogP contribution in [-0.4, -0.2) is 61.9 Å². The van der Waals surface area contributed by atoms with Crippen LogP contribution in [0.5, 0.6) is 5.75 Å². The maximum atomic E-state index is 10.9. The van der Waals surface area contributed by atoms with Gasteiger partial charge in [-0.3, -0.25) is 15.0 Å². The lowest BCUT2D eigenvalue weighted by atomic mass is 10.1. The van der Waals surface area contributed by atoms with Crippen molar-refractivity contribution in [3.8, 4) is 5.75 Å². The van der Waals surface area contributed by atoms with Crippen molar-refractivity contribution >= 4 is 11.4 Å². The van der Waals surface area contributed by atoms with E-state index in [1.807, 2.05) is 6.92 Å². The maximum Gasteiger partial charge on any atom is 0.273 e. The van der Waals surface area contributed by atoms with Crippen LogP contribution in [0.1, 0.15) is 6.92 Å². The summed E-state index contributed by atoms with van der Waals surface area (Å²) in [5.74, 6) is 0.595. The molecule has 0 amide bonds. The van der Waals surface area contributed by atoms with Crippen LogP contribution in [0, 0.1) is 10.1 Å². The number of hydrogen-bond acceptors (Lipinski definition) is 6. The molecule has 0 N–H and O–H groups in total. The van der Waals surface area contributed by atoms with Gasteiger partial charge in [0.15, 0.2) is 0 Å². The maximum absolute atomic E-state index is 10.9. The lowest BCUT2D eigenvalue weighted by Gasteiger charge is -2.43. The van der Waals surface area contributed by atoms with Gasteiger partial charge in [-0.25, -0.2) is 0 Å². The van der Waals surface area contributed by atoms with Crippen LogP contribution in [0.25, 0.3) is 0 Å². The number of ether oxygens (including phenoxy) is 2. The van der Waals surface area contributed by atoms with E-state index in [4.69, 9.17) is 9.47 Å². The summed E-state index contributed by atoms with van der Waals surface area (Å²) in [7, 11) is 0. The zero-order valence-corrected chi connectivity index (χ0v) is 12.7. The first kappa shape index (κ1) is 15.1. The van der Waals surface area contributed by atoms with Gasteiger partial charge in [-0.2, -0.15) is 0 Å². The van der Waals surface area contributed by atoms with Gasteiger partial charge in [-0.05, 0) is 13.0 Å². The summed E-state index contributed by atoms with van der Waals surface area (Å²) in [5.41, 5.74) is 1.01.